The fourth-order valence-electron chi connectivity index (χ4n) is 1.55. The molecular weight excluding hydrogens is 243 g/mol. The molecule has 4 heteroatoms. The van der Waals surface area contributed by atoms with Gasteiger partial charge in [-0.15, -0.1) is 0 Å². The molecule has 0 aliphatic rings. The summed E-state index contributed by atoms with van der Waals surface area (Å²) in [6.45, 7) is 0. The van der Waals surface area contributed by atoms with E-state index in [2.05, 4.69) is 0 Å². The lowest BCUT2D eigenvalue weighted by Gasteiger charge is -2.05. The first-order valence-electron chi connectivity index (χ1n) is 4.87. The van der Waals surface area contributed by atoms with Crippen LogP contribution in [0.15, 0.2) is 42.5 Å². The van der Waals surface area contributed by atoms with E-state index in [1.165, 1.54) is 24.3 Å². The van der Waals surface area contributed by atoms with Crippen molar-refractivity contribution < 1.29 is 14.3 Å². The van der Waals surface area contributed by atoms with Gasteiger partial charge in [-0.3, -0.25) is 0 Å². The van der Waals surface area contributed by atoms with Crippen molar-refractivity contribution in [1.29, 1.82) is 0 Å². The van der Waals surface area contributed by atoms with Gasteiger partial charge >= 0.3 is 5.97 Å². The first kappa shape index (κ1) is 11.6. The maximum atomic E-state index is 13.5. The Morgan fingerprint density at radius 2 is 1.88 bits per heavy atom. The number of benzene rings is 2. The van der Waals surface area contributed by atoms with Crippen LogP contribution in [0.25, 0.3) is 11.1 Å². The zero-order valence-electron chi connectivity index (χ0n) is 8.65. The standard InChI is InChI=1S/C13H8ClFO2/c14-11-7-8(5-6-10(11)13(16)17)9-3-1-2-4-12(9)15/h1-7H,(H,16,17). The number of carboxylic acid groups (broad SMARTS) is 1. The number of rotatable bonds is 2. The summed E-state index contributed by atoms with van der Waals surface area (Å²) in [5, 5.41) is 8.92. The Morgan fingerprint density at radius 1 is 1.18 bits per heavy atom. The Labute approximate surface area is 102 Å². The summed E-state index contributed by atoms with van der Waals surface area (Å²) in [6.07, 6.45) is 0. The Hall–Kier alpha value is -1.87. The molecule has 0 aliphatic carbocycles. The van der Waals surface area contributed by atoms with E-state index < -0.39 is 5.97 Å². The van der Waals surface area contributed by atoms with Crippen molar-refractivity contribution in [1.82, 2.24) is 0 Å². The second-order valence-electron chi connectivity index (χ2n) is 3.48. The Bertz CT molecular complexity index is 581. The molecule has 1 N–H and O–H groups in total. The highest BCUT2D eigenvalue weighted by atomic mass is 35.5. The molecule has 2 aromatic rings. The van der Waals surface area contributed by atoms with Gasteiger partial charge < -0.3 is 5.11 Å². The molecule has 2 rings (SSSR count). The molecule has 0 amide bonds. The number of hydrogen-bond donors (Lipinski definition) is 1. The van der Waals surface area contributed by atoms with Crippen molar-refractivity contribution in [2.45, 2.75) is 0 Å². The monoisotopic (exact) mass is 250 g/mol. The van der Waals surface area contributed by atoms with E-state index in [4.69, 9.17) is 16.7 Å². The highest BCUT2D eigenvalue weighted by Gasteiger charge is 2.11. The van der Waals surface area contributed by atoms with E-state index in [9.17, 15) is 9.18 Å². The zero-order valence-corrected chi connectivity index (χ0v) is 9.41. The Kier molecular flexibility index (Phi) is 3.11. The predicted octanol–water partition coefficient (Wildman–Crippen LogP) is 3.84. The molecule has 0 heterocycles. The maximum Gasteiger partial charge on any atom is 0.337 e. The van der Waals surface area contributed by atoms with E-state index in [1.54, 1.807) is 18.2 Å². The molecule has 0 bridgehead atoms. The fraction of sp³-hybridized carbons (Fsp3) is 0. The number of carboxylic acids is 1. The molecular formula is C13H8ClFO2. The SMILES string of the molecule is O=C(O)c1ccc(-c2ccccc2F)cc1Cl. The van der Waals surface area contributed by atoms with Crippen LogP contribution in [-0.2, 0) is 0 Å². The minimum absolute atomic E-state index is 0.00626. The summed E-state index contributed by atoms with van der Waals surface area (Å²) >= 11 is 5.82. The molecule has 0 unspecified atom stereocenters. The van der Waals surface area contributed by atoms with Gasteiger partial charge in [0.25, 0.3) is 0 Å². The van der Waals surface area contributed by atoms with E-state index in [1.807, 2.05) is 0 Å². The summed E-state index contributed by atoms with van der Waals surface area (Å²) in [7, 11) is 0. The van der Waals surface area contributed by atoms with Gasteiger partial charge in [0, 0.05) is 5.56 Å². The topological polar surface area (TPSA) is 37.3 Å². The lowest BCUT2D eigenvalue weighted by Crippen LogP contribution is -1.97. The van der Waals surface area contributed by atoms with E-state index in [-0.39, 0.29) is 16.4 Å². The third kappa shape index (κ3) is 2.29. The van der Waals surface area contributed by atoms with Gasteiger partial charge in [-0.05, 0) is 23.8 Å². The van der Waals surface area contributed by atoms with Crippen molar-refractivity contribution in [3.05, 3.63) is 58.9 Å². The van der Waals surface area contributed by atoms with Gasteiger partial charge in [0.2, 0.25) is 0 Å². The summed E-state index contributed by atoms with van der Waals surface area (Å²) in [5.74, 6) is -1.47. The average Bonchev–Trinajstić information content (AvgIpc) is 2.29. The molecule has 0 saturated carbocycles. The quantitative estimate of drug-likeness (QED) is 0.879. The summed E-state index contributed by atoms with van der Waals surface area (Å²) in [6, 6.07) is 10.6. The van der Waals surface area contributed by atoms with Crippen LogP contribution in [0.4, 0.5) is 4.39 Å². The molecule has 17 heavy (non-hydrogen) atoms. The second-order valence-corrected chi connectivity index (χ2v) is 3.89. The van der Waals surface area contributed by atoms with E-state index in [0.717, 1.165) is 0 Å². The third-order valence-corrected chi connectivity index (χ3v) is 2.70. The van der Waals surface area contributed by atoms with Crippen LogP contribution in [0.1, 0.15) is 10.4 Å². The molecule has 2 aromatic carbocycles. The van der Waals surface area contributed by atoms with Crippen LogP contribution < -0.4 is 0 Å². The largest absolute Gasteiger partial charge is 0.478 e. The Balaban J connectivity index is 2.52. The highest BCUT2D eigenvalue weighted by molar-refractivity contribution is 6.33. The first-order chi connectivity index (χ1) is 8.09. The van der Waals surface area contributed by atoms with Crippen molar-refractivity contribution in [2.75, 3.05) is 0 Å². The molecule has 0 fully saturated rings. The normalized spacial score (nSPS) is 10.2. The second kappa shape index (κ2) is 4.55. The molecule has 0 aliphatic heterocycles. The average molecular weight is 251 g/mol. The maximum absolute atomic E-state index is 13.5. The van der Waals surface area contributed by atoms with Crippen molar-refractivity contribution in [2.24, 2.45) is 0 Å². The molecule has 0 atom stereocenters. The number of hydrogen-bond acceptors (Lipinski definition) is 1. The van der Waals surface area contributed by atoms with Crippen LogP contribution >= 0.6 is 11.6 Å². The number of carbonyl (C=O) groups is 1. The molecule has 0 spiro atoms. The zero-order chi connectivity index (χ0) is 12.4. The molecule has 0 radical (unpaired) electrons. The third-order valence-electron chi connectivity index (χ3n) is 2.38. The fourth-order valence-corrected chi connectivity index (χ4v) is 1.81. The van der Waals surface area contributed by atoms with Gasteiger partial charge in [-0.1, -0.05) is 35.9 Å². The highest BCUT2D eigenvalue weighted by Crippen LogP contribution is 2.27. The summed E-state index contributed by atoms with van der Waals surface area (Å²) in [5.41, 5.74) is 0.955. The minimum atomic E-state index is -1.10. The predicted molar refractivity (Wildman–Crippen MR) is 63.8 cm³/mol. The van der Waals surface area contributed by atoms with Crippen LogP contribution in [0.2, 0.25) is 5.02 Å². The molecule has 0 aromatic heterocycles. The molecule has 86 valence electrons. The Morgan fingerprint density at radius 3 is 2.47 bits per heavy atom. The van der Waals surface area contributed by atoms with Crippen LogP contribution in [0.3, 0.4) is 0 Å². The van der Waals surface area contributed by atoms with Crippen molar-refractivity contribution >= 4 is 17.6 Å². The molecule has 0 saturated heterocycles. The first-order valence-corrected chi connectivity index (χ1v) is 5.25. The van der Waals surface area contributed by atoms with Crippen LogP contribution in [-0.4, -0.2) is 11.1 Å². The lowest BCUT2D eigenvalue weighted by molar-refractivity contribution is 0.0697. The summed E-state index contributed by atoms with van der Waals surface area (Å²) in [4.78, 5) is 10.8. The van der Waals surface area contributed by atoms with E-state index in [0.29, 0.717) is 11.1 Å². The smallest absolute Gasteiger partial charge is 0.337 e. The van der Waals surface area contributed by atoms with Gasteiger partial charge in [0.05, 0.1) is 10.6 Å². The lowest BCUT2D eigenvalue weighted by atomic mass is 10.0. The number of halogens is 2. The van der Waals surface area contributed by atoms with Crippen molar-refractivity contribution in [3.63, 3.8) is 0 Å². The van der Waals surface area contributed by atoms with Crippen LogP contribution in [0.5, 0.6) is 0 Å². The van der Waals surface area contributed by atoms with Crippen LogP contribution in [0, 0.1) is 5.82 Å². The summed E-state index contributed by atoms with van der Waals surface area (Å²) < 4.78 is 13.5. The van der Waals surface area contributed by atoms with Gasteiger partial charge in [0.1, 0.15) is 5.82 Å². The van der Waals surface area contributed by atoms with Crippen molar-refractivity contribution in [3.8, 4) is 11.1 Å². The number of aromatic carboxylic acids is 1. The van der Waals surface area contributed by atoms with Gasteiger partial charge in [-0.25, -0.2) is 9.18 Å². The van der Waals surface area contributed by atoms with Gasteiger partial charge in [-0.2, -0.15) is 0 Å². The van der Waals surface area contributed by atoms with E-state index >= 15 is 0 Å². The molecule has 2 nitrogen and oxygen atoms in total. The minimum Gasteiger partial charge on any atom is -0.478 e. The van der Waals surface area contributed by atoms with Gasteiger partial charge in [0.15, 0.2) is 0 Å².